The molecule has 0 bridgehead atoms. The first-order chi connectivity index (χ1) is 6.44. The summed E-state index contributed by atoms with van der Waals surface area (Å²) in [6.07, 6.45) is -2.32. The number of hydrogen-bond donors (Lipinski definition) is 3. The van der Waals surface area contributed by atoms with Crippen LogP contribution in [0.5, 0.6) is 0 Å². The molecule has 84 valence electrons. The van der Waals surface area contributed by atoms with Crippen molar-refractivity contribution < 1.29 is 28.9 Å². The van der Waals surface area contributed by atoms with Gasteiger partial charge < -0.3 is 24.4 Å². The fourth-order valence-corrected chi connectivity index (χ4v) is 2.44. The third kappa shape index (κ3) is 4.04. The van der Waals surface area contributed by atoms with Gasteiger partial charge in [0.2, 0.25) is 0 Å². The van der Waals surface area contributed by atoms with Gasteiger partial charge in [-0.15, -0.1) is 0 Å². The molecule has 1 aliphatic rings. The Hall–Kier alpha value is 0.0300. The molecule has 0 aromatic heterocycles. The molecule has 1 rings (SSSR count). The minimum Gasteiger partial charge on any atom is -0.394 e. The second kappa shape index (κ2) is 4.70. The fourth-order valence-electron chi connectivity index (χ4n) is 0.959. The number of ether oxygens (including phenoxy) is 1. The van der Waals surface area contributed by atoms with E-state index in [1.165, 1.54) is 6.92 Å². The molecule has 0 aromatic carbocycles. The average Bonchev–Trinajstić information content (AvgIpc) is 2.82. The first-order valence-electron chi connectivity index (χ1n) is 4.35. The van der Waals surface area contributed by atoms with Gasteiger partial charge in [-0.25, -0.2) is 0 Å². The van der Waals surface area contributed by atoms with E-state index in [1.54, 1.807) is 0 Å². The van der Waals surface area contributed by atoms with Crippen molar-refractivity contribution in [2.45, 2.75) is 25.2 Å². The van der Waals surface area contributed by atoms with E-state index in [0.717, 1.165) is 0 Å². The van der Waals surface area contributed by atoms with Crippen molar-refractivity contribution in [1.82, 2.24) is 0 Å². The van der Waals surface area contributed by atoms with Gasteiger partial charge in [-0.2, -0.15) is 0 Å². The van der Waals surface area contributed by atoms with Crippen LogP contribution in [-0.4, -0.2) is 52.8 Å². The topological polar surface area (TPSA) is 99.5 Å². The number of rotatable bonds is 6. The first-order valence-corrected chi connectivity index (χ1v) is 6.11. The van der Waals surface area contributed by atoms with E-state index in [2.05, 4.69) is 0 Å². The van der Waals surface area contributed by atoms with Crippen LogP contribution in [0.2, 0.25) is 0 Å². The van der Waals surface area contributed by atoms with Crippen LogP contribution in [-0.2, 0) is 13.8 Å². The largest absolute Gasteiger partial charge is 0.394 e. The van der Waals surface area contributed by atoms with Crippen molar-refractivity contribution in [1.29, 1.82) is 0 Å². The minimum atomic E-state index is -3.76. The molecule has 3 N–H and O–H groups in total. The Labute approximate surface area is 82.0 Å². The summed E-state index contributed by atoms with van der Waals surface area (Å²) in [6, 6.07) is 0. The molecule has 1 fully saturated rings. The van der Waals surface area contributed by atoms with Gasteiger partial charge in [-0.05, 0) is 6.92 Å². The normalized spacial score (nSPS) is 29.3. The third-order valence-electron chi connectivity index (χ3n) is 1.85. The third-order valence-corrected chi connectivity index (χ3v) is 3.32. The highest BCUT2D eigenvalue weighted by molar-refractivity contribution is 7.52. The minimum absolute atomic E-state index is 0.0871. The quantitative estimate of drug-likeness (QED) is 0.410. The van der Waals surface area contributed by atoms with Crippen LogP contribution in [0.3, 0.4) is 0 Å². The lowest BCUT2D eigenvalue weighted by Gasteiger charge is -2.21. The van der Waals surface area contributed by atoms with Crippen LogP contribution >= 0.6 is 7.60 Å². The molecule has 0 aliphatic carbocycles. The van der Waals surface area contributed by atoms with Crippen molar-refractivity contribution >= 4 is 7.60 Å². The molecule has 0 amide bonds. The van der Waals surface area contributed by atoms with E-state index in [4.69, 9.17) is 19.5 Å². The Bertz CT molecular complexity index is 226. The van der Waals surface area contributed by atoms with E-state index >= 15 is 0 Å². The van der Waals surface area contributed by atoms with Crippen molar-refractivity contribution in [3.05, 3.63) is 0 Å². The zero-order chi connectivity index (χ0) is 10.8. The molecule has 1 saturated heterocycles. The number of aliphatic hydroxyl groups excluding tert-OH is 2. The predicted molar refractivity (Wildman–Crippen MR) is 48.1 cm³/mol. The first kappa shape index (κ1) is 12.1. The Kier molecular flexibility index (Phi) is 4.06. The van der Waals surface area contributed by atoms with E-state index < -0.39 is 26.4 Å². The smallest absolute Gasteiger partial charge is 0.331 e. The summed E-state index contributed by atoms with van der Waals surface area (Å²) in [7, 11) is -3.76. The van der Waals surface area contributed by atoms with Crippen molar-refractivity contribution in [3.63, 3.8) is 0 Å². The molecule has 14 heavy (non-hydrogen) atoms. The van der Waals surface area contributed by atoms with Gasteiger partial charge >= 0.3 is 7.60 Å². The zero-order valence-electron chi connectivity index (χ0n) is 7.87. The summed E-state index contributed by atoms with van der Waals surface area (Å²) in [6.45, 7) is 1.36. The maximum Gasteiger partial charge on any atom is 0.331 e. The lowest BCUT2D eigenvalue weighted by atomic mass is 10.2. The van der Waals surface area contributed by atoms with Gasteiger partial charge in [0.1, 0.15) is 6.10 Å². The van der Waals surface area contributed by atoms with Gasteiger partial charge in [-0.1, -0.05) is 0 Å². The summed E-state index contributed by atoms with van der Waals surface area (Å²) in [5.41, 5.74) is 0. The van der Waals surface area contributed by atoms with Crippen LogP contribution in [0, 0.1) is 0 Å². The molecule has 4 atom stereocenters. The molecule has 0 spiro atoms. The highest BCUT2D eigenvalue weighted by Gasteiger charge is 2.36. The number of aliphatic hydroxyl groups is 2. The average molecular weight is 226 g/mol. The Morgan fingerprint density at radius 2 is 2.29 bits per heavy atom. The van der Waals surface area contributed by atoms with Gasteiger partial charge in [0, 0.05) is 0 Å². The summed E-state index contributed by atoms with van der Waals surface area (Å²) < 4.78 is 20.9. The van der Waals surface area contributed by atoms with Crippen LogP contribution < -0.4 is 0 Å². The summed E-state index contributed by atoms with van der Waals surface area (Å²) >= 11 is 0. The SMILES string of the molecule is CC(O)C(CO)OP(=O)(O)CC1CO1. The molecule has 1 aliphatic heterocycles. The molecular formula is C7H15O6P. The Morgan fingerprint density at radius 1 is 1.71 bits per heavy atom. The van der Waals surface area contributed by atoms with Crippen molar-refractivity contribution in [3.8, 4) is 0 Å². The number of hydrogen-bond acceptors (Lipinski definition) is 5. The van der Waals surface area contributed by atoms with Crippen molar-refractivity contribution in [2.75, 3.05) is 19.4 Å². The summed E-state index contributed by atoms with van der Waals surface area (Å²) in [5, 5.41) is 17.8. The highest BCUT2D eigenvalue weighted by Crippen LogP contribution is 2.46. The van der Waals surface area contributed by atoms with E-state index in [-0.39, 0.29) is 12.3 Å². The highest BCUT2D eigenvalue weighted by atomic mass is 31.2. The maximum absolute atomic E-state index is 11.4. The van der Waals surface area contributed by atoms with E-state index in [9.17, 15) is 9.46 Å². The fraction of sp³-hybridized carbons (Fsp3) is 1.00. The molecule has 1 heterocycles. The van der Waals surface area contributed by atoms with Crippen LogP contribution in [0.1, 0.15) is 6.92 Å². The molecule has 4 unspecified atom stereocenters. The number of epoxide rings is 1. The van der Waals surface area contributed by atoms with Crippen molar-refractivity contribution in [2.24, 2.45) is 0 Å². The zero-order valence-corrected chi connectivity index (χ0v) is 8.76. The predicted octanol–water partition coefficient (Wildman–Crippen LogP) is -0.671. The van der Waals surface area contributed by atoms with Gasteiger partial charge in [0.15, 0.2) is 0 Å². The molecule has 6 nitrogen and oxygen atoms in total. The van der Waals surface area contributed by atoms with Crippen LogP contribution in [0.15, 0.2) is 0 Å². The maximum atomic E-state index is 11.4. The second-order valence-corrected chi connectivity index (χ2v) is 5.19. The Balaban J connectivity index is 2.41. The van der Waals surface area contributed by atoms with Gasteiger partial charge in [0.05, 0.1) is 31.6 Å². The summed E-state index contributed by atoms with van der Waals surface area (Å²) in [4.78, 5) is 9.31. The Morgan fingerprint density at radius 3 is 2.64 bits per heavy atom. The van der Waals surface area contributed by atoms with E-state index in [1.807, 2.05) is 0 Å². The van der Waals surface area contributed by atoms with E-state index in [0.29, 0.717) is 6.61 Å². The van der Waals surface area contributed by atoms with Gasteiger partial charge in [-0.3, -0.25) is 4.57 Å². The lowest BCUT2D eigenvalue weighted by Crippen LogP contribution is -2.29. The molecular weight excluding hydrogens is 211 g/mol. The van der Waals surface area contributed by atoms with Crippen LogP contribution in [0.4, 0.5) is 0 Å². The standard InChI is InChI=1S/C7H15O6P/c1-5(9)7(2-8)13-14(10,11)4-6-3-12-6/h5-9H,2-4H2,1H3,(H,10,11). The lowest BCUT2D eigenvalue weighted by molar-refractivity contribution is 0.00572. The molecule has 7 heteroatoms. The molecule has 0 radical (unpaired) electrons. The second-order valence-electron chi connectivity index (χ2n) is 3.34. The molecule has 0 saturated carbocycles. The monoisotopic (exact) mass is 226 g/mol. The summed E-state index contributed by atoms with van der Waals surface area (Å²) in [5.74, 6) is 0. The van der Waals surface area contributed by atoms with Crippen LogP contribution in [0.25, 0.3) is 0 Å². The molecule has 0 aromatic rings. The van der Waals surface area contributed by atoms with Gasteiger partial charge in [0.25, 0.3) is 0 Å².